The van der Waals surface area contributed by atoms with E-state index in [1.165, 1.54) is 17.0 Å². The first-order chi connectivity index (χ1) is 15.1. The molecule has 2 aromatic carbocycles. The number of halogens is 1. The molecule has 0 aliphatic heterocycles. The zero-order valence-electron chi connectivity index (χ0n) is 19.8. The third kappa shape index (κ3) is 7.36. The van der Waals surface area contributed by atoms with Crippen LogP contribution in [0.4, 0.5) is 4.39 Å². The van der Waals surface area contributed by atoms with Crippen molar-refractivity contribution < 1.29 is 18.7 Å². The maximum atomic E-state index is 13.3. The molecule has 0 bridgehead atoms. The lowest BCUT2D eigenvalue weighted by Gasteiger charge is -2.29. The Bertz CT molecular complexity index is 891. The molecule has 0 aliphatic carbocycles. The molecule has 1 N–H and O–H groups in total. The molecule has 2 aromatic rings. The summed E-state index contributed by atoms with van der Waals surface area (Å²) >= 11 is 0. The lowest BCUT2D eigenvalue weighted by molar-refractivity contribution is -0.142. The lowest BCUT2D eigenvalue weighted by atomic mass is 9.86. The van der Waals surface area contributed by atoms with Crippen LogP contribution >= 0.6 is 0 Å². The average Bonchev–Trinajstić information content (AvgIpc) is 2.76. The number of hydrogen-bond donors (Lipinski definition) is 1. The Hall–Kier alpha value is -2.89. The Labute approximate surface area is 191 Å². The van der Waals surface area contributed by atoms with E-state index in [2.05, 4.69) is 26.1 Å². The molecule has 0 spiro atoms. The Morgan fingerprint density at radius 3 is 2.38 bits per heavy atom. The molecule has 5 nitrogen and oxygen atoms in total. The number of carbonyl (C=O) groups is 2. The van der Waals surface area contributed by atoms with Gasteiger partial charge >= 0.3 is 0 Å². The van der Waals surface area contributed by atoms with Crippen molar-refractivity contribution in [1.82, 2.24) is 10.2 Å². The topological polar surface area (TPSA) is 58.6 Å². The maximum Gasteiger partial charge on any atom is 0.261 e. The van der Waals surface area contributed by atoms with Gasteiger partial charge in [0.05, 0.1) is 0 Å². The van der Waals surface area contributed by atoms with Gasteiger partial charge in [-0.1, -0.05) is 64.4 Å². The van der Waals surface area contributed by atoms with Crippen molar-refractivity contribution in [2.75, 3.05) is 13.2 Å². The quantitative estimate of drug-likeness (QED) is 0.536. The second-order valence-corrected chi connectivity index (χ2v) is 9.00. The maximum absolute atomic E-state index is 13.3. The van der Waals surface area contributed by atoms with Crippen molar-refractivity contribution >= 4 is 11.8 Å². The molecular formula is C26H35FN2O3. The Kier molecular flexibility index (Phi) is 9.24. The summed E-state index contributed by atoms with van der Waals surface area (Å²) in [4.78, 5) is 27.3. The first kappa shape index (κ1) is 25.4. The van der Waals surface area contributed by atoms with Crippen LogP contribution in [0.1, 0.15) is 58.6 Å². The van der Waals surface area contributed by atoms with Gasteiger partial charge < -0.3 is 15.0 Å². The van der Waals surface area contributed by atoms with Gasteiger partial charge in [-0.15, -0.1) is 0 Å². The first-order valence-electron chi connectivity index (χ1n) is 11.2. The van der Waals surface area contributed by atoms with E-state index in [1.807, 2.05) is 31.2 Å². The van der Waals surface area contributed by atoms with Gasteiger partial charge in [0.25, 0.3) is 5.91 Å². The molecule has 6 heteroatoms. The average molecular weight is 443 g/mol. The van der Waals surface area contributed by atoms with E-state index in [0.29, 0.717) is 12.3 Å². The van der Waals surface area contributed by atoms with Crippen LogP contribution in [-0.4, -0.2) is 35.9 Å². The molecule has 0 fully saturated rings. The van der Waals surface area contributed by atoms with Crippen LogP contribution in [0.15, 0.2) is 48.5 Å². The van der Waals surface area contributed by atoms with Gasteiger partial charge in [-0.05, 0) is 48.1 Å². The molecule has 0 saturated heterocycles. The van der Waals surface area contributed by atoms with Gasteiger partial charge in [0.1, 0.15) is 17.6 Å². The highest BCUT2D eigenvalue weighted by atomic mass is 19.1. The van der Waals surface area contributed by atoms with Gasteiger partial charge in [0.15, 0.2) is 6.61 Å². The number of nitrogens with one attached hydrogen (secondary N) is 1. The van der Waals surface area contributed by atoms with E-state index in [4.69, 9.17) is 4.74 Å². The Morgan fingerprint density at radius 2 is 1.75 bits per heavy atom. The van der Waals surface area contributed by atoms with Gasteiger partial charge in [-0.2, -0.15) is 0 Å². The van der Waals surface area contributed by atoms with E-state index >= 15 is 0 Å². The number of para-hydroxylation sites is 1. The molecular weight excluding hydrogens is 407 g/mol. The fourth-order valence-electron chi connectivity index (χ4n) is 3.34. The molecule has 0 unspecified atom stereocenters. The smallest absolute Gasteiger partial charge is 0.261 e. The molecule has 0 saturated carbocycles. The van der Waals surface area contributed by atoms with E-state index in [-0.39, 0.29) is 36.2 Å². The van der Waals surface area contributed by atoms with Crippen molar-refractivity contribution in [3.05, 3.63) is 65.5 Å². The standard InChI is InChI=1S/C26H35FN2O3/c1-6-7-16-28-25(31)19(2)29(17-20-12-14-21(27)15-13-20)24(30)18-32-23-11-9-8-10-22(23)26(3,4)5/h8-15,19H,6-7,16-18H2,1-5H3,(H,28,31)/t19-/m1/s1. The molecule has 2 rings (SSSR count). The van der Waals surface area contributed by atoms with E-state index in [9.17, 15) is 14.0 Å². The Morgan fingerprint density at radius 1 is 1.09 bits per heavy atom. The number of unbranched alkanes of at least 4 members (excludes halogenated alkanes) is 1. The van der Waals surface area contributed by atoms with Gasteiger partial charge in [-0.3, -0.25) is 9.59 Å². The number of benzene rings is 2. The second-order valence-electron chi connectivity index (χ2n) is 9.00. The van der Waals surface area contributed by atoms with Crippen LogP contribution in [0, 0.1) is 5.82 Å². The third-order valence-corrected chi connectivity index (χ3v) is 5.31. The van der Waals surface area contributed by atoms with Crippen molar-refractivity contribution in [3.63, 3.8) is 0 Å². The molecule has 174 valence electrons. The van der Waals surface area contributed by atoms with E-state index in [1.54, 1.807) is 19.1 Å². The summed E-state index contributed by atoms with van der Waals surface area (Å²) in [7, 11) is 0. The van der Waals surface area contributed by atoms with Crippen molar-refractivity contribution in [1.29, 1.82) is 0 Å². The van der Waals surface area contributed by atoms with Gasteiger partial charge in [-0.25, -0.2) is 4.39 Å². The fraction of sp³-hybridized carbons (Fsp3) is 0.462. The minimum atomic E-state index is -0.689. The third-order valence-electron chi connectivity index (χ3n) is 5.31. The number of ether oxygens (including phenoxy) is 1. The number of amides is 2. The van der Waals surface area contributed by atoms with Crippen LogP contribution in [-0.2, 0) is 21.5 Å². The minimum Gasteiger partial charge on any atom is -0.483 e. The minimum absolute atomic E-state index is 0.139. The highest BCUT2D eigenvalue weighted by molar-refractivity contribution is 5.88. The second kappa shape index (κ2) is 11.7. The van der Waals surface area contributed by atoms with Crippen LogP contribution in [0.5, 0.6) is 5.75 Å². The number of hydrogen-bond acceptors (Lipinski definition) is 3. The zero-order chi connectivity index (χ0) is 23.7. The van der Waals surface area contributed by atoms with Gasteiger partial charge in [0.2, 0.25) is 5.91 Å². The van der Waals surface area contributed by atoms with Crippen molar-refractivity contribution in [3.8, 4) is 5.75 Å². The molecule has 1 atom stereocenters. The van der Waals surface area contributed by atoms with Crippen molar-refractivity contribution in [2.24, 2.45) is 0 Å². The fourth-order valence-corrected chi connectivity index (χ4v) is 3.34. The predicted octanol–water partition coefficient (Wildman–Crippen LogP) is 4.84. The van der Waals surface area contributed by atoms with Gasteiger partial charge in [0, 0.05) is 13.1 Å². The lowest BCUT2D eigenvalue weighted by Crippen LogP contribution is -2.49. The number of rotatable bonds is 10. The monoisotopic (exact) mass is 442 g/mol. The molecule has 2 amide bonds. The highest BCUT2D eigenvalue weighted by Gasteiger charge is 2.27. The van der Waals surface area contributed by atoms with E-state index in [0.717, 1.165) is 24.0 Å². The van der Waals surface area contributed by atoms with Crippen LogP contribution in [0.25, 0.3) is 0 Å². The number of carbonyl (C=O) groups excluding carboxylic acids is 2. The summed E-state index contributed by atoms with van der Waals surface area (Å²) in [6.07, 6.45) is 1.84. The van der Waals surface area contributed by atoms with E-state index < -0.39 is 6.04 Å². The summed E-state index contributed by atoms with van der Waals surface area (Å²) in [5, 5.41) is 2.88. The molecule has 0 aliphatic rings. The summed E-state index contributed by atoms with van der Waals surface area (Å²) in [6.45, 7) is 10.6. The SMILES string of the molecule is CCCCNC(=O)[C@@H](C)N(Cc1ccc(F)cc1)C(=O)COc1ccccc1C(C)(C)C. The largest absolute Gasteiger partial charge is 0.483 e. The molecule has 32 heavy (non-hydrogen) atoms. The normalized spacial score (nSPS) is 12.2. The number of nitrogens with zero attached hydrogens (tertiary/aromatic N) is 1. The first-order valence-corrected chi connectivity index (χ1v) is 11.2. The van der Waals surface area contributed by atoms with Crippen LogP contribution in [0.3, 0.4) is 0 Å². The predicted molar refractivity (Wildman–Crippen MR) is 125 cm³/mol. The zero-order valence-corrected chi connectivity index (χ0v) is 19.8. The summed E-state index contributed by atoms with van der Waals surface area (Å²) in [6, 6.07) is 12.9. The van der Waals surface area contributed by atoms with Crippen molar-refractivity contribution in [2.45, 2.75) is 65.5 Å². The molecule has 0 aromatic heterocycles. The summed E-state index contributed by atoms with van der Waals surface area (Å²) in [5.74, 6) is -0.227. The summed E-state index contributed by atoms with van der Waals surface area (Å²) < 4.78 is 19.2. The molecule has 0 radical (unpaired) electrons. The van der Waals surface area contributed by atoms with Crippen LogP contribution in [0.2, 0.25) is 0 Å². The Balaban J connectivity index is 2.18. The summed E-state index contributed by atoms with van der Waals surface area (Å²) in [5.41, 5.74) is 1.60. The molecule has 0 heterocycles. The van der Waals surface area contributed by atoms with Crippen LogP contribution < -0.4 is 10.1 Å². The highest BCUT2D eigenvalue weighted by Crippen LogP contribution is 2.31.